The minimum atomic E-state index is -0.396. The average Bonchev–Trinajstić information content (AvgIpc) is 2.73. The molecule has 0 aliphatic rings. The number of methoxy groups -OCH3 is 1. The van der Waals surface area contributed by atoms with Crippen LogP contribution >= 0.6 is 0 Å². The van der Waals surface area contributed by atoms with Crippen LogP contribution in [0.2, 0.25) is 0 Å². The van der Waals surface area contributed by atoms with E-state index in [-0.39, 0.29) is 18.3 Å². The van der Waals surface area contributed by atoms with Crippen LogP contribution in [0.5, 0.6) is 11.5 Å². The van der Waals surface area contributed by atoms with Gasteiger partial charge in [-0.15, -0.1) is 0 Å². The lowest BCUT2D eigenvalue weighted by atomic mass is 10.0. The highest BCUT2D eigenvalue weighted by Gasteiger charge is 2.11. The van der Waals surface area contributed by atoms with E-state index in [0.29, 0.717) is 28.3 Å². The van der Waals surface area contributed by atoms with Crippen molar-refractivity contribution in [3.05, 3.63) is 89.2 Å². The van der Waals surface area contributed by atoms with Crippen molar-refractivity contribution in [2.24, 2.45) is 0 Å². The molecular weight excluding hydrogens is 373 g/mol. The highest BCUT2D eigenvalue weighted by Crippen LogP contribution is 2.25. The van der Waals surface area contributed by atoms with E-state index in [9.17, 15) is 14.0 Å². The summed E-state index contributed by atoms with van der Waals surface area (Å²) in [6, 6.07) is 17.3. The number of aryl methyl sites for hydroxylation is 1. The number of ketones is 1. The molecule has 0 saturated heterocycles. The molecule has 0 aromatic heterocycles. The van der Waals surface area contributed by atoms with Crippen LogP contribution in [0.1, 0.15) is 21.5 Å². The first-order valence-electron chi connectivity index (χ1n) is 8.94. The molecule has 0 atom stereocenters. The fourth-order valence-electron chi connectivity index (χ4n) is 2.73. The van der Waals surface area contributed by atoms with Gasteiger partial charge in [-0.05, 0) is 73.2 Å². The third-order valence-electron chi connectivity index (χ3n) is 4.22. The fourth-order valence-corrected chi connectivity index (χ4v) is 2.73. The summed E-state index contributed by atoms with van der Waals surface area (Å²) >= 11 is 0. The molecule has 148 valence electrons. The van der Waals surface area contributed by atoms with Crippen molar-refractivity contribution < 1.29 is 23.5 Å². The molecule has 3 aromatic carbocycles. The van der Waals surface area contributed by atoms with Crippen LogP contribution in [0.15, 0.2) is 66.7 Å². The Kier molecular flexibility index (Phi) is 6.24. The largest absolute Gasteiger partial charge is 0.495 e. The molecule has 0 bridgehead atoms. The van der Waals surface area contributed by atoms with Crippen LogP contribution in [-0.2, 0) is 4.79 Å². The summed E-state index contributed by atoms with van der Waals surface area (Å²) in [5, 5.41) is 2.75. The van der Waals surface area contributed by atoms with Crippen molar-refractivity contribution in [1.29, 1.82) is 0 Å². The minimum Gasteiger partial charge on any atom is -0.495 e. The first-order valence-corrected chi connectivity index (χ1v) is 8.94. The minimum absolute atomic E-state index is 0.192. The average molecular weight is 393 g/mol. The molecule has 1 N–H and O–H groups in total. The van der Waals surface area contributed by atoms with Crippen molar-refractivity contribution in [3.63, 3.8) is 0 Å². The number of carbonyl (C=O) groups is 2. The maximum absolute atomic E-state index is 13.0. The maximum Gasteiger partial charge on any atom is 0.262 e. The SMILES string of the molecule is COc1ccc(C)cc1NC(=O)COc1ccc(C(=O)c2ccc(F)cc2)cc1. The van der Waals surface area contributed by atoms with Gasteiger partial charge < -0.3 is 14.8 Å². The van der Waals surface area contributed by atoms with E-state index in [1.807, 2.05) is 19.1 Å². The standard InChI is InChI=1S/C23H20FNO4/c1-15-3-12-21(28-2)20(13-15)25-22(26)14-29-19-10-6-17(7-11-19)23(27)16-4-8-18(24)9-5-16/h3-13H,14H2,1-2H3,(H,25,26). The summed E-state index contributed by atoms with van der Waals surface area (Å²) in [4.78, 5) is 24.6. The van der Waals surface area contributed by atoms with Crippen LogP contribution < -0.4 is 14.8 Å². The Labute approximate surface area is 168 Å². The van der Waals surface area contributed by atoms with Crippen molar-refractivity contribution in [1.82, 2.24) is 0 Å². The van der Waals surface area contributed by atoms with Gasteiger partial charge in [0, 0.05) is 11.1 Å². The van der Waals surface area contributed by atoms with E-state index in [2.05, 4.69) is 5.32 Å². The number of nitrogens with one attached hydrogen (secondary N) is 1. The summed E-state index contributed by atoms with van der Waals surface area (Å²) < 4.78 is 23.7. The Hall–Kier alpha value is -3.67. The summed E-state index contributed by atoms with van der Waals surface area (Å²) in [5.74, 6) is 0.0627. The number of carbonyl (C=O) groups excluding carboxylic acids is 2. The van der Waals surface area contributed by atoms with Gasteiger partial charge in [0.05, 0.1) is 12.8 Å². The molecule has 0 radical (unpaired) electrons. The van der Waals surface area contributed by atoms with Gasteiger partial charge in [-0.1, -0.05) is 6.07 Å². The van der Waals surface area contributed by atoms with E-state index >= 15 is 0 Å². The molecule has 0 aliphatic carbocycles. The van der Waals surface area contributed by atoms with Gasteiger partial charge in [0.25, 0.3) is 5.91 Å². The number of ether oxygens (including phenoxy) is 2. The molecule has 0 heterocycles. The van der Waals surface area contributed by atoms with Crippen LogP contribution in [-0.4, -0.2) is 25.4 Å². The lowest BCUT2D eigenvalue weighted by Crippen LogP contribution is -2.20. The quantitative estimate of drug-likeness (QED) is 0.605. The number of rotatable bonds is 7. The van der Waals surface area contributed by atoms with Crippen LogP contribution in [0.4, 0.5) is 10.1 Å². The summed E-state index contributed by atoms with van der Waals surface area (Å²) in [6.07, 6.45) is 0. The van der Waals surface area contributed by atoms with Crippen LogP contribution in [0.25, 0.3) is 0 Å². The third-order valence-corrected chi connectivity index (χ3v) is 4.22. The van der Waals surface area contributed by atoms with Crippen molar-refractivity contribution >= 4 is 17.4 Å². The normalized spacial score (nSPS) is 10.3. The molecular formula is C23H20FNO4. The Morgan fingerprint density at radius 2 is 1.55 bits per heavy atom. The van der Waals surface area contributed by atoms with Gasteiger partial charge in [-0.25, -0.2) is 4.39 Å². The van der Waals surface area contributed by atoms with E-state index < -0.39 is 5.82 Å². The second-order valence-corrected chi connectivity index (χ2v) is 6.40. The van der Waals surface area contributed by atoms with E-state index in [1.54, 1.807) is 30.3 Å². The lowest BCUT2D eigenvalue weighted by Gasteiger charge is -2.12. The Bertz CT molecular complexity index is 1010. The zero-order valence-electron chi connectivity index (χ0n) is 16.1. The molecule has 29 heavy (non-hydrogen) atoms. The summed E-state index contributed by atoms with van der Waals surface area (Å²) in [6.45, 7) is 1.72. The predicted octanol–water partition coefficient (Wildman–Crippen LogP) is 4.39. The van der Waals surface area contributed by atoms with Gasteiger partial charge in [-0.3, -0.25) is 9.59 Å². The predicted molar refractivity (Wildman–Crippen MR) is 108 cm³/mol. The number of amides is 1. The number of anilines is 1. The Morgan fingerprint density at radius 3 is 2.17 bits per heavy atom. The third kappa shape index (κ3) is 5.19. The number of hydrogen-bond acceptors (Lipinski definition) is 4. The number of hydrogen-bond donors (Lipinski definition) is 1. The van der Waals surface area contributed by atoms with Gasteiger partial charge in [0.1, 0.15) is 17.3 Å². The molecule has 5 nitrogen and oxygen atoms in total. The lowest BCUT2D eigenvalue weighted by molar-refractivity contribution is -0.118. The molecule has 3 rings (SSSR count). The summed E-state index contributed by atoms with van der Waals surface area (Å²) in [5.41, 5.74) is 2.40. The number of halogens is 1. The Morgan fingerprint density at radius 1 is 0.931 bits per heavy atom. The van der Waals surface area contributed by atoms with E-state index in [1.165, 1.54) is 31.4 Å². The molecule has 0 unspecified atom stereocenters. The molecule has 3 aromatic rings. The molecule has 1 amide bonds. The van der Waals surface area contributed by atoms with E-state index in [0.717, 1.165) is 5.56 Å². The van der Waals surface area contributed by atoms with Crippen molar-refractivity contribution in [2.45, 2.75) is 6.92 Å². The second-order valence-electron chi connectivity index (χ2n) is 6.40. The van der Waals surface area contributed by atoms with Crippen molar-refractivity contribution in [3.8, 4) is 11.5 Å². The highest BCUT2D eigenvalue weighted by atomic mass is 19.1. The van der Waals surface area contributed by atoms with Gasteiger partial charge in [-0.2, -0.15) is 0 Å². The molecule has 0 fully saturated rings. The summed E-state index contributed by atoms with van der Waals surface area (Å²) in [7, 11) is 1.53. The number of benzene rings is 3. The van der Waals surface area contributed by atoms with Crippen LogP contribution in [0.3, 0.4) is 0 Å². The monoisotopic (exact) mass is 393 g/mol. The Balaban J connectivity index is 1.59. The van der Waals surface area contributed by atoms with Gasteiger partial charge in [0.2, 0.25) is 0 Å². The zero-order chi connectivity index (χ0) is 20.8. The zero-order valence-corrected chi connectivity index (χ0v) is 16.1. The second kappa shape index (κ2) is 9.01. The smallest absolute Gasteiger partial charge is 0.262 e. The first kappa shape index (κ1) is 20.1. The fraction of sp³-hybridized carbons (Fsp3) is 0.130. The molecule has 6 heteroatoms. The van der Waals surface area contributed by atoms with Crippen LogP contribution in [0, 0.1) is 12.7 Å². The first-order chi connectivity index (χ1) is 14.0. The van der Waals surface area contributed by atoms with Gasteiger partial charge in [0.15, 0.2) is 12.4 Å². The highest BCUT2D eigenvalue weighted by molar-refractivity contribution is 6.09. The van der Waals surface area contributed by atoms with Gasteiger partial charge >= 0.3 is 0 Å². The molecule has 0 saturated carbocycles. The molecule has 0 aliphatic heterocycles. The van der Waals surface area contributed by atoms with E-state index in [4.69, 9.17) is 9.47 Å². The maximum atomic E-state index is 13.0. The molecule has 0 spiro atoms. The van der Waals surface area contributed by atoms with Crippen molar-refractivity contribution in [2.75, 3.05) is 19.0 Å². The topological polar surface area (TPSA) is 64.6 Å².